The minimum absolute atomic E-state index is 0.0531. The second-order valence-electron chi connectivity index (χ2n) is 11.9. The SMILES string of the molecule is C#Cc1cnc2c(C#N)cc(N[C@H](C3=CN(C(CF)CF)NN3)c3cccc4c(=O)n(C)ccc34)cc2c1NCC(C)(C)C. The number of hydrazine groups is 2. The highest BCUT2D eigenvalue weighted by molar-refractivity contribution is 5.99. The number of rotatable bonds is 9. The van der Waals surface area contributed by atoms with Gasteiger partial charge in [0.25, 0.3) is 5.56 Å². The third-order valence-corrected chi connectivity index (χ3v) is 7.49. The molecule has 9 nitrogen and oxygen atoms in total. The highest BCUT2D eigenvalue weighted by Crippen LogP contribution is 2.36. The Morgan fingerprint density at radius 3 is 2.57 bits per heavy atom. The first-order chi connectivity index (χ1) is 21.1. The molecular formula is C33H34F2N8O. The van der Waals surface area contributed by atoms with E-state index in [0.717, 1.165) is 5.56 Å². The Labute approximate surface area is 254 Å². The summed E-state index contributed by atoms with van der Waals surface area (Å²) in [5, 5.41) is 20.3. The van der Waals surface area contributed by atoms with Crippen molar-refractivity contribution in [3.8, 4) is 18.4 Å². The molecule has 1 atom stereocenters. The summed E-state index contributed by atoms with van der Waals surface area (Å²) in [5.41, 5.74) is 9.60. The Balaban J connectivity index is 1.69. The van der Waals surface area contributed by atoms with Gasteiger partial charge in [-0.15, -0.1) is 12.0 Å². The van der Waals surface area contributed by atoms with E-state index in [0.29, 0.717) is 56.4 Å². The molecule has 0 saturated heterocycles. The fourth-order valence-corrected chi connectivity index (χ4v) is 5.14. The number of aromatic nitrogens is 2. The molecule has 3 heterocycles. The summed E-state index contributed by atoms with van der Waals surface area (Å²) in [6.07, 6.45) is 10.7. The Hall–Kier alpha value is -5.13. The summed E-state index contributed by atoms with van der Waals surface area (Å²) in [5.74, 6) is 2.69. The molecule has 0 fully saturated rings. The quantitative estimate of drug-likeness (QED) is 0.199. The summed E-state index contributed by atoms with van der Waals surface area (Å²) in [6, 6.07) is 11.4. The van der Waals surface area contributed by atoms with Crippen LogP contribution in [-0.4, -0.2) is 40.5 Å². The Morgan fingerprint density at radius 1 is 1.11 bits per heavy atom. The first-order valence-electron chi connectivity index (χ1n) is 14.1. The smallest absolute Gasteiger partial charge is 0.258 e. The molecule has 0 radical (unpaired) electrons. The van der Waals surface area contributed by atoms with Crippen LogP contribution < -0.4 is 27.2 Å². The molecule has 1 aliphatic rings. The average Bonchev–Trinajstić information content (AvgIpc) is 3.49. The van der Waals surface area contributed by atoms with Gasteiger partial charge in [0.2, 0.25) is 0 Å². The number of aryl methyl sites for hydroxylation is 1. The number of hydrogen-bond acceptors (Lipinski definition) is 8. The third kappa shape index (κ3) is 5.87. The van der Waals surface area contributed by atoms with Gasteiger partial charge >= 0.3 is 0 Å². The van der Waals surface area contributed by atoms with Crippen molar-refractivity contribution in [1.82, 2.24) is 25.5 Å². The number of alkyl halides is 2. The van der Waals surface area contributed by atoms with E-state index in [2.05, 4.69) is 59.3 Å². The van der Waals surface area contributed by atoms with Crippen LogP contribution >= 0.6 is 0 Å². The van der Waals surface area contributed by atoms with E-state index in [-0.39, 0.29) is 11.0 Å². The fraction of sp³-hybridized carbons (Fsp3) is 0.303. The van der Waals surface area contributed by atoms with Gasteiger partial charge in [0.05, 0.1) is 34.1 Å². The molecule has 0 aliphatic carbocycles. The second-order valence-corrected chi connectivity index (χ2v) is 11.9. The maximum Gasteiger partial charge on any atom is 0.258 e. The lowest BCUT2D eigenvalue weighted by Gasteiger charge is -2.24. The first kappa shape index (κ1) is 30.3. The van der Waals surface area contributed by atoms with E-state index in [1.165, 1.54) is 9.58 Å². The average molecular weight is 597 g/mol. The number of nitriles is 1. The molecule has 0 spiro atoms. The molecule has 4 aromatic rings. The highest BCUT2D eigenvalue weighted by Gasteiger charge is 2.28. The summed E-state index contributed by atoms with van der Waals surface area (Å²) in [4.78, 5) is 17.5. The van der Waals surface area contributed by atoms with Gasteiger partial charge in [0.15, 0.2) is 0 Å². The number of fused-ring (bicyclic) bond motifs is 2. The van der Waals surface area contributed by atoms with Gasteiger partial charge in [0.1, 0.15) is 25.5 Å². The lowest BCUT2D eigenvalue weighted by molar-refractivity contribution is 0.139. The monoisotopic (exact) mass is 596 g/mol. The molecule has 226 valence electrons. The summed E-state index contributed by atoms with van der Waals surface area (Å²) in [6.45, 7) is 5.13. The highest BCUT2D eigenvalue weighted by atomic mass is 19.1. The van der Waals surface area contributed by atoms with E-state index < -0.39 is 25.4 Å². The Kier molecular flexibility index (Phi) is 8.43. The Morgan fingerprint density at radius 2 is 1.89 bits per heavy atom. The maximum atomic E-state index is 13.6. The van der Waals surface area contributed by atoms with Gasteiger partial charge in [-0.2, -0.15) is 5.26 Å². The van der Waals surface area contributed by atoms with E-state index in [4.69, 9.17) is 6.42 Å². The van der Waals surface area contributed by atoms with E-state index in [1.54, 1.807) is 43.8 Å². The number of hydrogen-bond donors (Lipinski definition) is 4. The van der Waals surface area contributed by atoms with Crippen LogP contribution in [0.3, 0.4) is 0 Å². The number of terminal acetylenes is 1. The van der Waals surface area contributed by atoms with Gasteiger partial charge in [-0.25, -0.2) is 8.78 Å². The Bertz CT molecular complexity index is 1890. The summed E-state index contributed by atoms with van der Waals surface area (Å²) < 4.78 is 28.7. The standard InChI is InChI=1S/C33H34F2N8O/c1-6-20-17-37-30-21(16-36)12-22(13-27(30)29(20)38-19-33(2,3)4)39-31(28-18-43(41-40-28)23(14-34)15-35)25-8-7-9-26-24(25)10-11-42(5)32(26)44/h1,7-13,17-18,23,31,39-41H,14-15,19H2,2-5H3,(H,37,38)/t31-/m0/s1. The summed E-state index contributed by atoms with van der Waals surface area (Å²) in [7, 11) is 1.68. The zero-order chi connectivity index (χ0) is 31.6. The zero-order valence-electron chi connectivity index (χ0n) is 25.0. The molecule has 4 N–H and O–H groups in total. The van der Waals surface area contributed by atoms with Crippen molar-refractivity contribution in [2.45, 2.75) is 32.9 Å². The number of halogens is 2. The normalized spacial score (nSPS) is 13.8. The van der Waals surface area contributed by atoms with E-state index >= 15 is 0 Å². The number of anilines is 2. The molecule has 0 bridgehead atoms. The lowest BCUT2D eigenvalue weighted by atomic mass is 9.95. The van der Waals surface area contributed by atoms with Crippen molar-refractivity contribution in [2.24, 2.45) is 12.5 Å². The molecule has 5 rings (SSSR count). The topological polar surface area (TPSA) is 110 Å². The third-order valence-electron chi connectivity index (χ3n) is 7.49. The number of nitrogens with one attached hydrogen (secondary N) is 4. The minimum atomic E-state index is -1.03. The van der Waals surface area contributed by atoms with Crippen molar-refractivity contribution >= 4 is 33.1 Å². The minimum Gasteiger partial charge on any atom is -0.383 e. The van der Waals surface area contributed by atoms with Crippen LogP contribution in [0.2, 0.25) is 0 Å². The fourth-order valence-electron chi connectivity index (χ4n) is 5.14. The van der Waals surface area contributed by atoms with Gasteiger partial charge in [0, 0.05) is 48.6 Å². The molecule has 0 unspecified atom stereocenters. The summed E-state index contributed by atoms with van der Waals surface area (Å²) >= 11 is 0. The molecule has 1 aliphatic heterocycles. The number of pyridine rings is 2. The molecule has 0 amide bonds. The van der Waals surface area contributed by atoms with Crippen molar-refractivity contribution in [3.63, 3.8) is 0 Å². The van der Waals surface area contributed by atoms with E-state index in [9.17, 15) is 18.8 Å². The molecule has 2 aromatic carbocycles. The van der Waals surface area contributed by atoms with Crippen LogP contribution in [0.5, 0.6) is 0 Å². The molecule has 44 heavy (non-hydrogen) atoms. The largest absolute Gasteiger partial charge is 0.383 e. The van der Waals surface area contributed by atoms with Gasteiger partial charge in [-0.05, 0) is 40.6 Å². The molecular weight excluding hydrogens is 562 g/mol. The predicted octanol–water partition coefficient (Wildman–Crippen LogP) is 5.02. The van der Waals surface area contributed by atoms with Crippen LogP contribution in [0.25, 0.3) is 21.7 Å². The maximum absolute atomic E-state index is 13.6. The second kappa shape index (κ2) is 12.2. The van der Waals surface area contributed by atoms with Crippen molar-refractivity contribution in [1.29, 1.82) is 5.26 Å². The lowest BCUT2D eigenvalue weighted by Crippen LogP contribution is -2.45. The van der Waals surface area contributed by atoms with Crippen LogP contribution in [-0.2, 0) is 7.05 Å². The first-order valence-corrected chi connectivity index (χ1v) is 14.1. The van der Waals surface area contributed by atoms with E-state index in [1.807, 2.05) is 18.2 Å². The van der Waals surface area contributed by atoms with Crippen LogP contribution in [0.4, 0.5) is 20.2 Å². The van der Waals surface area contributed by atoms with Gasteiger partial charge in [-0.1, -0.05) is 38.8 Å². The van der Waals surface area contributed by atoms with Crippen LogP contribution in [0, 0.1) is 29.1 Å². The van der Waals surface area contributed by atoms with Crippen molar-refractivity contribution < 1.29 is 8.78 Å². The van der Waals surface area contributed by atoms with Crippen LogP contribution in [0.15, 0.2) is 65.5 Å². The molecule has 0 saturated carbocycles. The van der Waals surface area contributed by atoms with Gasteiger partial charge in [-0.3, -0.25) is 14.8 Å². The molecule has 2 aromatic heterocycles. The van der Waals surface area contributed by atoms with Crippen molar-refractivity contribution in [3.05, 3.63) is 87.7 Å². The number of nitrogens with zero attached hydrogens (tertiary/aromatic N) is 4. The van der Waals surface area contributed by atoms with Crippen molar-refractivity contribution in [2.75, 3.05) is 30.5 Å². The predicted molar refractivity (Wildman–Crippen MR) is 170 cm³/mol. The number of benzene rings is 2. The zero-order valence-corrected chi connectivity index (χ0v) is 25.0. The van der Waals surface area contributed by atoms with Crippen LogP contribution in [0.1, 0.15) is 43.5 Å². The van der Waals surface area contributed by atoms with Gasteiger partial charge < -0.3 is 20.6 Å². The molecule has 11 heteroatoms.